The Morgan fingerprint density at radius 2 is 1.79 bits per heavy atom. The Balaban J connectivity index is 1.46. The molecule has 28 heavy (non-hydrogen) atoms. The van der Waals surface area contributed by atoms with Gasteiger partial charge in [-0.05, 0) is 42.7 Å². The van der Waals surface area contributed by atoms with Gasteiger partial charge in [0.25, 0.3) is 0 Å². The quantitative estimate of drug-likeness (QED) is 0.455. The number of nitrogens with one attached hydrogen (secondary N) is 2. The second-order valence-corrected chi connectivity index (χ2v) is 7.00. The van der Waals surface area contributed by atoms with Gasteiger partial charge in [-0.1, -0.05) is 12.1 Å². The van der Waals surface area contributed by atoms with Gasteiger partial charge in [-0.3, -0.25) is 4.99 Å². The maximum atomic E-state index is 5.75. The lowest BCUT2D eigenvalue weighted by Gasteiger charge is -2.14. The van der Waals surface area contributed by atoms with E-state index in [-0.39, 0.29) is 0 Å². The third-order valence-corrected chi connectivity index (χ3v) is 4.62. The van der Waals surface area contributed by atoms with Gasteiger partial charge in [0.1, 0.15) is 0 Å². The van der Waals surface area contributed by atoms with Crippen LogP contribution in [0.25, 0.3) is 0 Å². The standard InChI is InChI=1S/C22H30N4O2/c1-23-22(24-13-4-6-17-7-10-19(11-8-17)26(2)3)25-18-9-12-20-21(16-18)28-15-5-14-27-20/h7-12,16H,4-6,13-15H2,1-3H3,(H2,23,24,25). The van der Waals surface area contributed by atoms with Gasteiger partial charge < -0.3 is 25.0 Å². The average molecular weight is 383 g/mol. The number of anilines is 2. The van der Waals surface area contributed by atoms with E-state index in [1.807, 2.05) is 18.2 Å². The molecular weight excluding hydrogens is 352 g/mol. The number of aliphatic imine (C=N–C) groups is 1. The van der Waals surface area contributed by atoms with Gasteiger partial charge in [-0.2, -0.15) is 0 Å². The molecule has 6 heteroatoms. The molecule has 0 radical (unpaired) electrons. The Hall–Kier alpha value is -2.89. The van der Waals surface area contributed by atoms with Crippen LogP contribution in [0.4, 0.5) is 11.4 Å². The lowest BCUT2D eigenvalue weighted by Crippen LogP contribution is -2.31. The van der Waals surface area contributed by atoms with Crippen molar-refractivity contribution in [3.63, 3.8) is 0 Å². The van der Waals surface area contributed by atoms with E-state index in [1.54, 1.807) is 7.05 Å². The minimum atomic E-state index is 0.680. The Morgan fingerprint density at radius 3 is 2.50 bits per heavy atom. The van der Waals surface area contributed by atoms with Crippen LogP contribution in [0.3, 0.4) is 0 Å². The molecule has 0 aromatic heterocycles. The third kappa shape index (κ3) is 5.55. The highest BCUT2D eigenvalue weighted by Crippen LogP contribution is 2.32. The average Bonchev–Trinajstić information content (AvgIpc) is 2.95. The molecule has 0 bridgehead atoms. The van der Waals surface area contributed by atoms with Gasteiger partial charge in [-0.25, -0.2) is 0 Å². The van der Waals surface area contributed by atoms with Crippen LogP contribution in [0.5, 0.6) is 11.5 Å². The van der Waals surface area contributed by atoms with Gasteiger partial charge in [0.15, 0.2) is 17.5 Å². The molecule has 1 aliphatic heterocycles. The van der Waals surface area contributed by atoms with Crippen molar-refractivity contribution in [1.82, 2.24) is 5.32 Å². The fourth-order valence-corrected chi connectivity index (χ4v) is 3.02. The zero-order valence-corrected chi connectivity index (χ0v) is 17.0. The Labute approximate surface area is 167 Å². The SMILES string of the molecule is CN=C(NCCCc1ccc(N(C)C)cc1)Nc1ccc2c(c1)OCCCO2. The van der Waals surface area contributed by atoms with Crippen LogP contribution in [0.15, 0.2) is 47.5 Å². The van der Waals surface area contributed by atoms with Crippen molar-refractivity contribution in [1.29, 1.82) is 0 Å². The van der Waals surface area contributed by atoms with E-state index in [0.717, 1.165) is 49.0 Å². The smallest absolute Gasteiger partial charge is 0.195 e. The summed E-state index contributed by atoms with van der Waals surface area (Å²) < 4.78 is 11.4. The molecule has 0 amide bonds. The van der Waals surface area contributed by atoms with Crippen molar-refractivity contribution in [2.45, 2.75) is 19.3 Å². The molecule has 1 heterocycles. The van der Waals surface area contributed by atoms with Crippen molar-refractivity contribution < 1.29 is 9.47 Å². The van der Waals surface area contributed by atoms with Gasteiger partial charge in [0.05, 0.1) is 13.2 Å². The van der Waals surface area contributed by atoms with E-state index in [0.29, 0.717) is 13.2 Å². The summed E-state index contributed by atoms with van der Waals surface area (Å²) in [6.45, 7) is 2.22. The van der Waals surface area contributed by atoms with Crippen LogP contribution < -0.4 is 25.0 Å². The van der Waals surface area contributed by atoms with Gasteiger partial charge in [-0.15, -0.1) is 0 Å². The van der Waals surface area contributed by atoms with Crippen LogP contribution >= 0.6 is 0 Å². The first-order valence-corrected chi connectivity index (χ1v) is 9.79. The summed E-state index contributed by atoms with van der Waals surface area (Å²) >= 11 is 0. The molecule has 2 aromatic carbocycles. The number of rotatable bonds is 6. The molecule has 0 atom stereocenters. The molecule has 2 aromatic rings. The maximum Gasteiger partial charge on any atom is 0.195 e. The zero-order chi connectivity index (χ0) is 19.8. The van der Waals surface area contributed by atoms with Crippen molar-refractivity contribution >= 4 is 17.3 Å². The molecule has 3 rings (SSSR count). The fraction of sp³-hybridized carbons (Fsp3) is 0.409. The van der Waals surface area contributed by atoms with Crippen LogP contribution in [-0.4, -0.2) is 46.9 Å². The van der Waals surface area contributed by atoms with Gasteiger partial charge in [0.2, 0.25) is 0 Å². The van der Waals surface area contributed by atoms with E-state index in [1.165, 1.54) is 11.3 Å². The van der Waals surface area contributed by atoms with Crippen molar-refractivity contribution in [3.05, 3.63) is 48.0 Å². The fourth-order valence-electron chi connectivity index (χ4n) is 3.02. The first kappa shape index (κ1) is 19.9. The minimum Gasteiger partial charge on any atom is -0.490 e. The maximum absolute atomic E-state index is 5.75. The summed E-state index contributed by atoms with van der Waals surface area (Å²) in [6, 6.07) is 14.6. The predicted octanol–water partition coefficient (Wildman–Crippen LogP) is 3.53. The van der Waals surface area contributed by atoms with Crippen molar-refractivity contribution in [2.75, 3.05) is 51.1 Å². The number of fused-ring (bicyclic) bond motifs is 1. The number of guanidine groups is 1. The summed E-state index contributed by atoms with van der Waals surface area (Å²) in [5.74, 6) is 2.32. The first-order chi connectivity index (χ1) is 13.7. The van der Waals surface area contributed by atoms with Crippen LogP contribution in [0.1, 0.15) is 18.4 Å². The second-order valence-electron chi connectivity index (χ2n) is 7.00. The first-order valence-electron chi connectivity index (χ1n) is 9.79. The van der Waals surface area contributed by atoms with E-state index < -0.39 is 0 Å². The third-order valence-electron chi connectivity index (χ3n) is 4.62. The molecule has 0 fully saturated rings. The molecule has 150 valence electrons. The van der Waals surface area contributed by atoms with E-state index in [9.17, 15) is 0 Å². The molecule has 6 nitrogen and oxygen atoms in total. The number of hydrogen-bond acceptors (Lipinski definition) is 4. The van der Waals surface area contributed by atoms with Crippen LogP contribution in [0, 0.1) is 0 Å². The Kier molecular flexibility index (Phi) is 7.00. The highest BCUT2D eigenvalue weighted by atomic mass is 16.5. The summed E-state index contributed by atoms with van der Waals surface area (Å²) in [5.41, 5.74) is 3.50. The van der Waals surface area contributed by atoms with E-state index in [2.05, 4.69) is 58.9 Å². The lowest BCUT2D eigenvalue weighted by molar-refractivity contribution is 0.297. The second kappa shape index (κ2) is 9.88. The van der Waals surface area contributed by atoms with E-state index >= 15 is 0 Å². The van der Waals surface area contributed by atoms with Gasteiger partial charge in [0, 0.05) is 51.5 Å². The molecule has 0 saturated carbocycles. The summed E-state index contributed by atoms with van der Waals surface area (Å²) in [7, 11) is 5.89. The lowest BCUT2D eigenvalue weighted by atomic mass is 10.1. The molecule has 0 spiro atoms. The van der Waals surface area contributed by atoms with Crippen LogP contribution in [-0.2, 0) is 6.42 Å². The summed E-state index contributed by atoms with van der Waals surface area (Å²) in [5, 5.41) is 6.68. The topological polar surface area (TPSA) is 58.1 Å². The van der Waals surface area contributed by atoms with Crippen molar-refractivity contribution in [3.8, 4) is 11.5 Å². The monoisotopic (exact) mass is 382 g/mol. The van der Waals surface area contributed by atoms with Crippen molar-refractivity contribution in [2.24, 2.45) is 4.99 Å². The minimum absolute atomic E-state index is 0.680. The Bertz CT molecular complexity index is 788. The molecule has 0 saturated heterocycles. The number of nitrogens with zero attached hydrogens (tertiary/aromatic N) is 2. The number of hydrogen-bond donors (Lipinski definition) is 2. The predicted molar refractivity (Wildman–Crippen MR) is 116 cm³/mol. The largest absolute Gasteiger partial charge is 0.490 e. The van der Waals surface area contributed by atoms with E-state index in [4.69, 9.17) is 9.47 Å². The number of benzene rings is 2. The van der Waals surface area contributed by atoms with Crippen LogP contribution in [0.2, 0.25) is 0 Å². The Morgan fingerprint density at radius 1 is 1.04 bits per heavy atom. The molecule has 0 aliphatic carbocycles. The normalized spacial score (nSPS) is 13.6. The summed E-state index contributed by atoms with van der Waals surface area (Å²) in [4.78, 5) is 6.42. The number of aryl methyl sites for hydroxylation is 1. The zero-order valence-electron chi connectivity index (χ0n) is 17.0. The highest BCUT2D eigenvalue weighted by molar-refractivity contribution is 5.93. The summed E-state index contributed by atoms with van der Waals surface area (Å²) in [6.07, 6.45) is 2.96. The molecule has 0 unspecified atom stereocenters. The highest BCUT2D eigenvalue weighted by Gasteiger charge is 2.11. The molecule has 2 N–H and O–H groups in total. The molecular formula is C22H30N4O2. The van der Waals surface area contributed by atoms with Gasteiger partial charge >= 0.3 is 0 Å². The molecule has 1 aliphatic rings. The number of ether oxygens (including phenoxy) is 2.